The van der Waals surface area contributed by atoms with Gasteiger partial charge in [-0.3, -0.25) is 0 Å². The molecule has 27 heavy (non-hydrogen) atoms. The Bertz CT molecular complexity index is 902. The van der Waals surface area contributed by atoms with Crippen LogP contribution in [0.2, 0.25) is 0 Å². The van der Waals surface area contributed by atoms with E-state index in [1.807, 2.05) is 43.1 Å². The molecule has 0 spiro atoms. The van der Waals surface area contributed by atoms with Crippen molar-refractivity contribution < 1.29 is 13.2 Å². The molecular weight excluding hydrogens is 364 g/mol. The molecule has 1 aromatic carbocycles. The van der Waals surface area contributed by atoms with Crippen molar-refractivity contribution in [3.05, 3.63) is 41.7 Å². The summed E-state index contributed by atoms with van der Waals surface area (Å²) in [5.74, 6) is 3.43. The molecule has 1 aromatic heterocycles. The summed E-state index contributed by atoms with van der Waals surface area (Å²) in [6.07, 6.45) is 1.48. The number of nitrogens with zero attached hydrogens (tertiary/aromatic N) is 3. The largest absolute Gasteiger partial charge is 0.497 e. The van der Waals surface area contributed by atoms with Crippen LogP contribution in [0.3, 0.4) is 0 Å². The summed E-state index contributed by atoms with van der Waals surface area (Å²) in [5.41, 5.74) is 1.18. The fourth-order valence-corrected chi connectivity index (χ4v) is 5.03. The molecular formula is C19H26N4O3S. The second-order valence-electron chi connectivity index (χ2n) is 6.85. The molecule has 8 heteroatoms. The first kappa shape index (κ1) is 19.4. The third-order valence-electron chi connectivity index (χ3n) is 4.80. The smallest absolute Gasteiger partial charge is 0.152 e. The van der Waals surface area contributed by atoms with Crippen LogP contribution in [0.15, 0.2) is 30.3 Å². The summed E-state index contributed by atoms with van der Waals surface area (Å²) in [5, 5.41) is 3.34. The minimum atomic E-state index is -2.93. The Morgan fingerprint density at radius 2 is 2.11 bits per heavy atom. The number of ether oxygens (including phenoxy) is 1. The van der Waals surface area contributed by atoms with Gasteiger partial charge in [-0.15, -0.1) is 0 Å². The van der Waals surface area contributed by atoms with Crippen LogP contribution < -0.4 is 15.0 Å². The van der Waals surface area contributed by atoms with E-state index in [2.05, 4.69) is 21.4 Å². The van der Waals surface area contributed by atoms with Gasteiger partial charge in [0.2, 0.25) is 0 Å². The Morgan fingerprint density at radius 1 is 1.30 bits per heavy atom. The highest BCUT2D eigenvalue weighted by Crippen LogP contribution is 2.23. The van der Waals surface area contributed by atoms with Gasteiger partial charge in [0.25, 0.3) is 0 Å². The lowest BCUT2D eigenvalue weighted by Gasteiger charge is -2.25. The van der Waals surface area contributed by atoms with Gasteiger partial charge in [-0.05, 0) is 37.5 Å². The molecule has 0 radical (unpaired) electrons. The third kappa shape index (κ3) is 5.09. The number of sulfone groups is 1. The number of aromatic nitrogens is 2. The molecule has 1 fully saturated rings. The van der Waals surface area contributed by atoms with E-state index >= 15 is 0 Å². The number of hydrogen-bond donors (Lipinski definition) is 1. The fraction of sp³-hybridized carbons (Fsp3) is 0.474. The van der Waals surface area contributed by atoms with E-state index in [4.69, 9.17) is 4.74 Å². The van der Waals surface area contributed by atoms with Gasteiger partial charge >= 0.3 is 0 Å². The Labute approximate surface area is 160 Å². The SMILES string of the molecule is COc1cccc(CCNc2cc(N(C)C3CCS(=O)(=O)C3)nc(C)n2)c1. The van der Waals surface area contributed by atoms with Gasteiger partial charge < -0.3 is 15.0 Å². The molecule has 1 unspecified atom stereocenters. The Balaban J connectivity index is 1.64. The molecule has 0 amide bonds. The summed E-state index contributed by atoms with van der Waals surface area (Å²) in [7, 11) is 0.627. The fourth-order valence-electron chi connectivity index (χ4n) is 3.25. The highest BCUT2D eigenvalue weighted by molar-refractivity contribution is 7.91. The topological polar surface area (TPSA) is 84.4 Å². The maximum atomic E-state index is 11.8. The van der Waals surface area contributed by atoms with Crippen LogP contribution in [0.25, 0.3) is 0 Å². The zero-order valence-electron chi connectivity index (χ0n) is 16.0. The molecule has 1 atom stereocenters. The molecule has 7 nitrogen and oxygen atoms in total. The molecule has 3 rings (SSSR count). The van der Waals surface area contributed by atoms with Crippen LogP contribution in [0, 0.1) is 6.92 Å². The second-order valence-corrected chi connectivity index (χ2v) is 9.08. The number of anilines is 2. The predicted octanol–water partition coefficient (Wildman–Crippen LogP) is 2.07. The van der Waals surface area contributed by atoms with Crippen LogP contribution in [-0.2, 0) is 16.3 Å². The standard InChI is InChI=1S/C19H26N4O3S/c1-14-21-18(20-9-7-15-5-4-6-17(11-15)26-3)12-19(22-14)23(2)16-8-10-27(24,25)13-16/h4-6,11-12,16H,7-10,13H2,1-3H3,(H,20,21,22). The van der Waals surface area contributed by atoms with Gasteiger partial charge in [0, 0.05) is 25.7 Å². The second kappa shape index (κ2) is 8.12. The monoisotopic (exact) mass is 390 g/mol. The lowest BCUT2D eigenvalue weighted by molar-refractivity contribution is 0.414. The molecule has 0 bridgehead atoms. The highest BCUT2D eigenvalue weighted by atomic mass is 32.2. The first-order valence-electron chi connectivity index (χ1n) is 9.02. The molecule has 2 heterocycles. The lowest BCUT2D eigenvalue weighted by Crippen LogP contribution is -2.33. The average Bonchev–Trinajstić information content (AvgIpc) is 3.00. The average molecular weight is 391 g/mol. The molecule has 1 aliphatic rings. The van der Waals surface area contributed by atoms with Crippen LogP contribution in [-0.4, -0.2) is 56.6 Å². The molecule has 146 valence electrons. The van der Waals surface area contributed by atoms with Gasteiger partial charge in [-0.25, -0.2) is 18.4 Å². The molecule has 2 aromatic rings. The van der Waals surface area contributed by atoms with Crippen molar-refractivity contribution >= 4 is 21.5 Å². The van der Waals surface area contributed by atoms with Crippen LogP contribution >= 0.6 is 0 Å². The van der Waals surface area contributed by atoms with Crippen LogP contribution in [0.5, 0.6) is 5.75 Å². The van der Waals surface area contributed by atoms with Crippen LogP contribution in [0.4, 0.5) is 11.6 Å². The first-order valence-corrected chi connectivity index (χ1v) is 10.8. The van der Waals surface area contributed by atoms with Crippen LogP contribution in [0.1, 0.15) is 17.8 Å². The molecule has 0 saturated carbocycles. The number of rotatable bonds is 7. The number of aryl methyl sites for hydroxylation is 1. The van der Waals surface area contributed by atoms with Gasteiger partial charge in [0.15, 0.2) is 9.84 Å². The van der Waals surface area contributed by atoms with E-state index in [1.165, 1.54) is 5.56 Å². The molecule has 0 aliphatic carbocycles. The van der Waals surface area contributed by atoms with Gasteiger partial charge in [0.05, 0.1) is 18.6 Å². The maximum absolute atomic E-state index is 11.8. The van der Waals surface area contributed by atoms with E-state index in [0.717, 1.165) is 30.4 Å². The van der Waals surface area contributed by atoms with E-state index in [-0.39, 0.29) is 17.5 Å². The summed E-state index contributed by atoms with van der Waals surface area (Å²) >= 11 is 0. The summed E-state index contributed by atoms with van der Waals surface area (Å²) in [6.45, 7) is 2.57. The van der Waals surface area contributed by atoms with Crippen molar-refractivity contribution in [1.29, 1.82) is 0 Å². The Kier molecular flexibility index (Phi) is 5.84. The van der Waals surface area contributed by atoms with Crippen molar-refractivity contribution in [3.63, 3.8) is 0 Å². The number of hydrogen-bond acceptors (Lipinski definition) is 7. The quantitative estimate of drug-likeness (QED) is 0.775. The van der Waals surface area contributed by atoms with Crippen molar-refractivity contribution in [2.75, 3.05) is 42.4 Å². The van der Waals surface area contributed by atoms with Gasteiger partial charge in [-0.2, -0.15) is 0 Å². The Morgan fingerprint density at radius 3 is 2.81 bits per heavy atom. The number of benzene rings is 1. The highest BCUT2D eigenvalue weighted by Gasteiger charge is 2.31. The molecule has 1 saturated heterocycles. The van der Waals surface area contributed by atoms with E-state index in [9.17, 15) is 8.42 Å². The summed E-state index contributed by atoms with van der Waals surface area (Å²) in [4.78, 5) is 10.9. The third-order valence-corrected chi connectivity index (χ3v) is 6.55. The zero-order valence-corrected chi connectivity index (χ0v) is 16.8. The molecule has 1 N–H and O–H groups in total. The lowest BCUT2D eigenvalue weighted by atomic mass is 10.1. The van der Waals surface area contributed by atoms with Crippen molar-refractivity contribution in [1.82, 2.24) is 9.97 Å². The minimum absolute atomic E-state index is 0.0334. The zero-order chi connectivity index (χ0) is 19.4. The predicted molar refractivity (Wildman–Crippen MR) is 107 cm³/mol. The number of methoxy groups -OCH3 is 1. The summed E-state index contributed by atoms with van der Waals surface area (Å²) < 4.78 is 28.8. The molecule has 1 aliphatic heterocycles. The maximum Gasteiger partial charge on any atom is 0.152 e. The van der Waals surface area contributed by atoms with Crippen molar-refractivity contribution in [2.24, 2.45) is 0 Å². The van der Waals surface area contributed by atoms with Gasteiger partial charge in [0.1, 0.15) is 23.2 Å². The minimum Gasteiger partial charge on any atom is -0.497 e. The van der Waals surface area contributed by atoms with Crippen molar-refractivity contribution in [2.45, 2.75) is 25.8 Å². The summed E-state index contributed by atoms with van der Waals surface area (Å²) in [6, 6.07) is 9.83. The van der Waals surface area contributed by atoms with E-state index in [0.29, 0.717) is 12.2 Å². The van der Waals surface area contributed by atoms with E-state index < -0.39 is 9.84 Å². The van der Waals surface area contributed by atoms with E-state index in [1.54, 1.807) is 7.11 Å². The van der Waals surface area contributed by atoms with Gasteiger partial charge in [-0.1, -0.05) is 12.1 Å². The normalized spacial score (nSPS) is 18.3. The Hall–Kier alpha value is -2.35. The first-order chi connectivity index (χ1) is 12.9. The number of nitrogens with one attached hydrogen (secondary N) is 1. The van der Waals surface area contributed by atoms with Crippen molar-refractivity contribution in [3.8, 4) is 5.75 Å².